The fourth-order valence-corrected chi connectivity index (χ4v) is 3.02. The Labute approximate surface area is 147 Å². The van der Waals surface area contributed by atoms with Gasteiger partial charge in [0.05, 0.1) is 23.0 Å². The van der Waals surface area contributed by atoms with Gasteiger partial charge in [-0.2, -0.15) is 5.10 Å². The summed E-state index contributed by atoms with van der Waals surface area (Å²) < 4.78 is 0. The van der Waals surface area contributed by atoms with Crippen molar-refractivity contribution in [2.75, 3.05) is 12.4 Å². The average Bonchev–Trinajstić information content (AvgIpc) is 3.00. The largest absolute Gasteiger partial charge is 0.364 e. The normalized spacial score (nSPS) is 13.2. The Bertz CT molecular complexity index is 869. The van der Waals surface area contributed by atoms with E-state index in [0.717, 1.165) is 34.4 Å². The molecule has 0 aliphatic rings. The predicted octanol–water partition coefficient (Wildman–Crippen LogP) is 2.91. The summed E-state index contributed by atoms with van der Waals surface area (Å²) in [7, 11) is 1.98. The molecule has 0 saturated heterocycles. The Morgan fingerprint density at radius 3 is 2.76 bits per heavy atom. The Morgan fingerprint density at radius 2 is 2.08 bits per heavy atom. The summed E-state index contributed by atoms with van der Waals surface area (Å²) in [6.07, 6.45) is 6.32. The molecule has 3 heterocycles. The topological polar surface area (TPSA) is 91.4 Å². The smallest absolute Gasteiger partial charge is 0.165 e. The number of pyridine rings is 1. The lowest BCUT2D eigenvalue weighted by molar-refractivity contribution is 0.432. The minimum Gasteiger partial charge on any atom is -0.364 e. The van der Waals surface area contributed by atoms with Crippen LogP contribution in [-0.2, 0) is 0 Å². The highest BCUT2D eigenvalue weighted by Gasteiger charge is 2.23. The molecular weight excluding hydrogens is 314 g/mol. The molecule has 3 aromatic heterocycles. The Morgan fingerprint density at radius 1 is 1.28 bits per heavy atom. The Balaban J connectivity index is 2.05. The molecule has 25 heavy (non-hydrogen) atoms. The fraction of sp³-hybridized carbons (Fsp3) is 0.444. The molecule has 0 fully saturated rings. The molecule has 0 amide bonds. The van der Waals surface area contributed by atoms with Crippen LogP contribution in [0.25, 0.3) is 22.3 Å². The molecule has 0 spiro atoms. The number of fused-ring (bicyclic) bond motifs is 1. The average molecular weight is 339 g/mol. The van der Waals surface area contributed by atoms with Crippen molar-refractivity contribution in [2.45, 2.75) is 45.7 Å². The molecule has 132 valence electrons. The Kier molecular flexibility index (Phi) is 4.67. The van der Waals surface area contributed by atoms with Crippen LogP contribution in [0.3, 0.4) is 0 Å². The van der Waals surface area contributed by atoms with Crippen LogP contribution in [0.1, 0.15) is 32.9 Å². The highest BCUT2D eigenvalue weighted by atomic mass is 15.1. The van der Waals surface area contributed by atoms with Crippen molar-refractivity contribution in [1.29, 1.82) is 0 Å². The summed E-state index contributed by atoms with van der Waals surface area (Å²) in [5.74, 6) is 1.46. The third-order valence-electron chi connectivity index (χ3n) is 4.34. The van der Waals surface area contributed by atoms with Crippen LogP contribution in [0.15, 0.2) is 24.7 Å². The van der Waals surface area contributed by atoms with E-state index in [-0.39, 0.29) is 5.54 Å². The second kappa shape index (κ2) is 6.76. The highest BCUT2D eigenvalue weighted by Crippen LogP contribution is 2.28. The third-order valence-corrected chi connectivity index (χ3v) is 4.34. The van der Waals surface area contributed by atoms with Crippen molar-refractivity contribution >= 4 is 16.7 Å². The van der Waals surface area contributed by atoms with Crippen LogP contribution in [0.5, 0.6) is 0 Å². The molecule has 0 saturated carbocycles. The van der Waals surface area contributed by atoms with Crippen molar-refractivity contribution < 1.29 is 0 Å². The van der Waals surface area contributed by atoms with E-state index in [1.807, 2.05) is 26.2 Å². The monoisotopic (exact) mass is 339 g/mol. The van der Waals surface area contributed by atoms with Crippen LogP contribution in [-0.4, -0.2) is 43.8 Å². The number of rotatable bonds is 6. The Hall–Kier alpha value is -2.54. The lowest BCUT2D eigenvalue weighted by Crippen LogP contribution is -2.38. The van der Waals surface area contributed by atoms with Gasteiger partial charge in [-0.3, -0.25) is 10.1 Å². The van der Waals surface area contributed by atoms with E-state index in [2.05, 4.69) is 51.6 Å². The van der Waals surface area contributed by atoms with E-state index in [1.54, 1.807) is 12.4 Å². The molecule has 0 aliphatic carbocycles. The number of hydrogen-bond acceptors (Lipinski definition) is 6. The third kappa shape index (κ3) is 3.76. The van der Waals surface area contributed by atoms with Crippen molar-refractivity contribution in [3.8, 4) is 11.4 Å². The number of aryl methyl sites for hydroxylation is 1. The summed E-state index contributed by atoms with van der Waals surface area (Å²) in [4.78, 5) is 13.7. The zero-order chi connectivity index (χ0) is 18.0. The van der Waals surface area contributed by atoms with Gasteiger partial charge in [-0.1, -0.05) is 0 Å². The molecule has 7 nitrogen and oxygen atoms in total. The van der Waals surface area contributed by atoms with Crippen molar-refractivity contribution in [1.82, 2.24) is 30.5 Å². The summed E-state index contributed by atoms with van der Waals surface area (Å²) in [6, 6.07) is 2.34. The van der Waals surface area contributed by atoms with E-state index in [4.69, 9.17) is 4.98 Å². The molecule has 3 N–H and O–H groups in total. The molecule has 0 aromatic carbocycles. The summed E-state index contributed by atoms with van der Waals surface area (Å²) in [6.45, 7) is 8.47. The summed E-state index contributed by atoms with van der Waals surface area (Å²) in [5, 5.41) is 14.9. The quantitative estimate of drug-likeness (QED) is 0.639. The summed E-state index contributed by atoms with van der Waals surface area (Å²) in [5.41, 5.74) is 2.45. The number of nitrogens with one attached hydrogen (secondary N) is 3. The van der Waals surface area contributed by atoms with Gasteiger partial charge < -0.3 is 10.6 Å². The zero-order valence-corrected chi connectivity index (χ0v) is 15.4. The molecule has 1 atom stereocenters. The van der Waals surface area contributed by atoms with E-state index in [0.29, 0.717) is 11.9 Å². The van der Waals surface area contributed by atoms with Crippen LogP contribution in [0.4, 0.5) is 5.82 Å². The van der Waals surface area contributed by atoms with E-state index >= 15 is 0 Å². The van der Waals surface area contributed by atoms with Crippen LogP contribution >= 0.6 is 0 Å². The molecule has 3 aromatic rings. The SMILES string of the molecule is CNC(C)CC(C)(C)Nc1nc(-c2c[nH]nc2C)nc2cnccc12. The van der Waals surface area contributed by atoms with Gasteiger partial charge >= 0.3 is 0 Å². The molecule has 0 aliphatic heterocycles. The van der Waals surface area contributed by atoms with Gasteiger partial charge in [0.25, 0.3) is 0 Å². The van der Waals surface area contributed by atoms with Crippen LogP contribution in [0.2, 0.25) is 0 Å². The number of aromatic amines is 1. The number of aromatic nitrogens is 5. The molecule has 3 rings (SSSR count). The van der Waals surface area contributed by atoms with Gasteiger partial charge in [0.1, 0.15) is 5.82 Å². The van der Waals surface area contributed by atoms with E-state index in [1.165, 1.54) is 0 Å². The maximum Gasteiger partial charge on any atom is 0.165 e. The van der Waals surface area contributed by atoms with Gasteiger partial charge in [-0.25, -0.2) is 9.97 Å². The van der Waals surface area contributed by atoms with Gasteiger partial charge in [0.2, 0.25) is 0 Å². The number of hydrogen-bond donors (Lipinski definition) is 3. The maximum absolute atomic E-state index is 4.79. The van der Waals surface area contributed by atoms with Gasteiger partial charge in [0, 0.05) is 29.4 Å². The minimum atomic E-state index is -0.129. The molecule has 0 bridgehead atoms. The van der Waals surface area contributed by atoms with E-state index in [9.17, 15) is 0 Å². The maximum atomic E-state index is 4.79. The molecule has 1 unspecified atom stereocenters. The van der Waals surface area contributed by atoms with Crippen LogP contribution < -0.4 is 10.6 Å². The second-order valence-electron chi connectivity index (χ2n) is 7.08. The molecular formula is C18H25N7. The molecule has 7 heteroatoms. The van der Waals surface area contributed by atoms with Gasteiger partial charge in [0.15, 0.2) is 5.82 Å². The van der Waals surface area contributed by atoms with Crippen molar-refractivity contribution in [3.63, 3.8) is 0 Å². The van der Waals surface area contributed by atoms with Crippen molar-refractivity contribution in [3.05, 3.63) is 30.4 Å². The van der Waals surface area contributed by atoms with Gasteiger partial charge in [-0.05, 0) is 47.2 Å². The van der Waals surface area contributed by atoms with Crippen molar-refractivity contribution in [2.24, 2.45) is 0 Å². The zero-order valence-electron chi connectivity index (χ0n) is 15.4. The van der Waals surface area contributed by atoms with Crippen LogP contribution in [0, 0.1) is 6.92 Å². The first-order valence-corrected chi connectivity index (χ1v) is 8.47. The lowest BCUT2D eigenvalue weighted by Gasteiger charge is -2.30. The minimum absolute atomic E-state index is 0.129. The first-order chi connectivity index (χ1) is 11.9. The number of H-pyrrole nitrogens is 1. The first kappa shape index (κ1) is 17.3. The standard InChI is InChI=1S/C18H25N7/c1-11(19-5)8-18(3,4)24-17-13-6-7-20-10-15(13)22-16(23-17)14-9-21-25-12(14)2/h6-7,9-11,19H,8H2,1-5H3,(H,21,25)(H,22,23,24). The second-order valence-corrected chi connectivity index (χ2v) is 7.08. The predicted molar refractivity (Wildman–Crippen MR) is 100 cm³/mol. The fourth-order valence-electron chi connectivity index (χ4n) is 3.02. The lowest BCUT2D eigenvalue weighted by atomic mass is 9.96. The van der Waals surface area contributed by atoms with Gasteiger partial charge in [-0.15, -0.1) is 0 Å². The van der Waals surface area contributed by atoms with E-state index < -0.39 is 0 Å². The number of nitrogens with zero attached hydrogens (tertiary/aromatic N) is 4. The number of anilines is 1. The highest BCUT2D eigenvalue weighted by molar-refractivity contribution is 5.90. The molecule has 0 radical (unpaired) electrons. The first-order valence-electron chi connectivity index (χ1n) is 8.47. The summed E-state index contributed by atoms with van der Waals surface area (Å²) >= 11 is 0.